The molecule has 0 bridgehead atoms. The molecule has 0 saturated carbocycles. The smallest absolute Gasteiger partial charge is 0.339 e. The molecular weight excluding hydrogens is 358 g/mol. The van der Waals surface area contributed by atoms with E-state index >= 15 is 0 Å². The van der Waals surface area contributed by atoms with Crippen LogP contribution in [0.1, 0.15) is 23.6 Å². The van der Waals surface area contributed by atoms with Crippen LogP contribution >= 0.6 is 0 Å². The van der Waals surface area contributed by atoms with Crippen LogP contribution in [0.15, 0.2) is 45.6 Å². The van der Waals surface area contributed by atoms with Gasteiger partial charge < -0.3 is 19.2 Å². The minimum atomic E-state index is -0.739. The monoisotopic (exact) mass is 381 g/mol. The standard InChI is InChI=1S/C22H23NO5/c1-12-13(2)22(25)28-20-14(3)19(11-10-18(12)20)27-15(4)21(24)23-16-6-8-17(26-5)9-7-16/h6-11,15H,1-5H3,(H,23,24)/t15-/m0/s1. The molecule has 1 atom stereocenters. The van der Waals surface area contributed by atoms with Crippen LogP contribution in [0, 0.1) is 20.8 Å². The van der Waals surface area contributed by atoms with E-state index in [1.807, 2.05) is 19.9 Å². The van der Waals surface area contributed by atoms with Gasteiger partial charge in [-0.05, 0) is 69.7 Å². The molecule has 28 heavy (non-hydrogen) atoms. The maximum absolute atomic E-state index is 12.5. The minimum Gasteiger partial charge on any atom is -0.497 e. The summed E-state index contributed by atoms with van der Waals surface area (Å²) >= 11 is 0. The molecule has 1 amide bonds. The highest BCUT2D eigenvalue weighted by molar-refractivity contribution is 5.94. The maximum atomic E-state index is 12.5. The molecule has 6 nitrogen and oxygen atoms in total. The zero-order valence-electron chi connectivity index (χ0n) is 16.6. The van der Waals surface area contributed by atoms with Gasteiger partial charge >= 0.3 is 5.63 Å². The molecule has 3 rings (SSSR count). The van der Waals surface area contributed by atoms with Gasteiger partial charge in [0.25, 0.3) is 5.91 Å². The van der Waals surface area contributed by atoms with Crippen LogP contribution < -0.4 is 20.4 Å². The van der Waals surface area contributed by atoms with Crippen molar-refractivity contribution in [3.63, 3.8) is 0 Å². The highest BCUT2D eigenvalue weighted by atomic mass is 16.5. The lowest BCUT2D eigenvalue weighted by atomic mass is 10.0. The topological polar surface area (TPSA) is 77.8 Å². The van der Waals surface area contributed by atoms with Gasteiger partial charge in [-0.15, -0.1) is 0 Å². The van der Waals surface area contributed by atoms with E-state index in [0.717, 1.165) is 10.9 Å². The average molecular weight is 381 g/mol. The molecule has 1 heterocycles. The minimum absolute atomic E-state index is 0.286. The predicted octanol–water partition coefficient (Wildman–Crippen LogP) is 4.13. The first-order chi connectivity index (χ1) is 13.3. The Kier molecular flexibility index (Phi) is 5.40. The lowest BCUT2D eigenvalue weighted by Crippen LogP contribution is -2.30. The number of hydrogen-bond donors (Lipinski definition) is 1. The lowest BCUT2D eigenvalue weighted by Gasteiger charge is -2.17. The zero-order chi connectivity index (χ0) is 20.4. The van der Waals surface area contributed by atoms with Gasteiger partial charge in [0.15, 0.2) is 6.10 Å². The number of hydrogen-bond acceptors (Lipinski definition) is 5. The molecule has 1 aromatic heterocycles. The molecule has 0 radical (unpaired) electrons. The Hall–Kier alpha value is -3.28. The molecule has 0 unspecified atom stereocenters. The quantitative estimate of drug-likeness (QED) is 0.672. The fraction of sp³-hybridized carbons (Fsp3) is 0.273. The molecule has 6 heteroatoms. The van der Waals surface area contributed by atoms with Crippen molar-refractivity contribution in [3.8, 4) is 11.5 Å². The Morgan fingerprint density at radius 3 is 2.32 bits per heavy atom. The van der Waals surface area contributed by atoms with Crippen molar-refractivity contribution in [1.82, 2.24) is 0 Å². The molecule has 146 valence electrons. The number of rotatable bonds is 5. The number of carbonyl (C=O) groups is 1. The summed E-state index contributed by atoms with van der Waals surface area (Å²) in [6.07, 6.45) is -0.739. The van der Waals surface area contributed by atoms with E-state index in [-0.39, 0.29) is 11.5 Å². The Balaban J connectivity index is 1.81. The van der Waals surface area contributed by atoms with Gasteiger partial charge in [-0.3, -0.25) is 4.79 Å². The molecule has 3 aromatic rings. The van der Waals surface area contributed by atoms with E-state index < -0.39 is 6.10 Å². The first kappa shape index (κ1) is 19.5. The molecule has 0 aliphatic carbocycles. The maximum Gasteiger partial charge on any atom is 0.339 e. The average Bonchev–Trinajstić information content (AvgIpc) is 2.69. The number of nitrogens with one attached hydrogen (secondary N) is 1. The highest BCUT2D eigenvalue weighted by Crippen LogP contribution is 2.30. The van der Waals surface area contributed by atoms with Gasteiger partial charge in [0.2, 0.25) is 0 Å². The summed E-state index contributed by atoms with van der Waals surface area (Å²) < 4.78 is 16.4. The number of amides is 1. The SMILES string of the molecule is COc1ccc(NC(=O)[C@H](C)Oc2ccc3c(C)c(C)c(=O)oc3c2C)cc1. The fourth-order valence-electron chi connectivity index (χ4n) is 2.91. The van der Waals surface area contributed by atoms with Crippen LogP contribution in [-0.4, -0.2) is 19.1 Å². The van der Waals surface area contributed by atoms with Gasteiger partial charge in [-0.2, -0.15) is 0 Å². The van der Waals surface area contributed by atoms with E-state index in [9.17, 15) is 9.59 Å². The van der Waals surface area contributed by atoms with E-state index in [1.54, 1.807) is 51.3 Å². The van der Waals surface area contributed by atoms with Crippen LogP contribution in [0.25, 0.3) is 11.0 Å². The van der Waals surface area contributed by atoms with Gasteiger partial charge in [-0.25, -0.2) is 4.79 Å². The second-order valence-corrected chi connectivity index (χ2v) is 6.68. The third-order valence-electron chi connectivity index (χ3n) is 4.85. The third-order valence-corrected chi connectivity index (χ3v) is 4.85. The Bertz CT molecular complexity index is 1080. The number of methoxy groups -OCH3 is 1. The number of benzene rings is 2. The molecule has 0 aliphatic heterocycles. The van der Waals surface area contributed by atoms with Crippen molar-refractivity contribution in [2.45, 2.75) is 33.8 Å². The predicted molar refractivity (Wildman–Crippen MR) is 108 cm³/mol. The molecule has 0 aliphatic rings. The summed E-state index contributed by atoms with van der Waals surface area (Å²) in [5, 5.41) is 3.66. The molecule has 0 spiro atoms. The van der Waals surface area contributed by atoms with E-state index in [4.69, 9.17) is 13.9 Å². The Morgan fingerprint density at radius 1 is 1.00 bits per heavy atom. The van der Waals surface area contributed by atoms with E-state index in [0.29, 0.717) is 33.9 Å². The van der Waals surface area contributed by atoms with Crippen LogP contribution in [0.4, 0.5) is 5.69 Å². The third kappa shape index (κ3) is 3.71. The summed E-state index contributed by atoms with van der Waals surface area (Å²) in [5.74, 6) is 0.920. The van der Waals surface area contributed by atoms with Crippen LogP contribution in [0.3, 0.4) is 0 Å². The fourth-order valence-corrected chi connectivity index (χ4v) is 2.91. The summed E-state index contributed by atoms with van der Waals surface area (Å²) in [5.41, 5.74) is 2.92. The summed E-state index contributed by atoms with van der Waals surface area (Å²) in [7, 11) is 1.58. The first-order valence-corrected chi connectivity index (χ1v) is 8.97. The summed E-state index contributed by atoms with van der Waals surface area (Å²) in [4.78, 5) is 24.5. The van der Waals surface area contributed by atoms with Crippen LogP contribution in [0.2, 0.25) is 0 Å². The molecule has 0 fully saturated rings. The number of fused-ring (bicyclic) bond motifs is 1. The molecule has 1 N–H and O–H groups in total. The van der Waals surface area contributed by atoms with Gasteiger partial charge in [-0.1, -0.05) is 0 Å². The lowest BCUT2D eigenvalue weighted by molar-refractivity contribution is -0.122. The largest absolute Gasteiger partial charge is 0.497 e. The van der Waals surface area contributed by atoms with Crippen molar-refractivity contribution >= 4 is 22.6 Å². The van der Waals surface area contributed by atoms with Crippen molar-refractivity contribution in [2.75, 3.05) is 12.4 Å². The molecule has 2 aromatic carbocycles. The zero-order valence-corrected chi connectivity index (χ0v) is 16.6. The molecule has 0 saturated heterocycles. The number of ether oxygens (including phenoxy) is 2. The van der Waals surface area contributed by atoms with E-state index in [2.05, 4.69) is 5.32 Å². The van der Waals surface area contributed by atoms with Crippen molar-refractivity contribution < 1.29 is 18.7 Å². The second-order valence-electron chi connectivity index (χ2n) is 6.68. The summed E-state index contributed by atoms with van der Waals surface area (Å²) in [6.45, 7) is 7.11. The highest BCUT2D eigenvalue weighted by Gasteiger charge is 2.18. The molecular formula is C22H23NO5. The van der Waals surface area contributed by atoms with Crippen molar-refractivity contribution in [2.24, 2.45) is 0 Å². The number of anilines is 1. The van der Waals surface area contributed by atoms with Crippen LogP contribution in [0.5, 0.6) is 11.5 Å². The van der Waals surface area contributed by atoms with Crippen molar-refractivity contribution in [1.29, 1.82) is 0 Å². The Labute approximate surface area is 163 Å². The first-order valence-electron chi connectivity index (χ1n) is 8.97. The van der Waals surface area contributed by atoms with Crippen LogP contribution in [-0.2, 0) is 4.79 Å². The second kappa shape index (κ2) is 7.76. The van der Waals surface area contributed by atoms with Gasteiger partial charge in [0, 0.05) is 22.2 Å². The van der Waals surface area contributed by atoms with Gasteiger partial charge in [0.05, 0.1) is 7.11 Å². The number of aryl methyl sites for hydroxylation is 2. The number of carbonyl (C=O) groups excluding carboxylic acids is 1. The van der Waals surface area contributed by atoms with Crippen molar-refractivity contribution in [3.05, 3.63) is 63.5 Å². The van der Waals surface area contributed by atoms with Gasteiger partial charge in [0.1, 0.15) is 17.1 Å². The normalized spacial score (nSPS) is 11.9. The Morgan fingerprint density at radius 2 is 1.68 bits per heavy atom. The summed E-state index contributed by atoms with van der Waals surface area (Å²) in [6, 6.07) is 10.7. The van der Waals surface area contributed by atoms with E-state index in [1.165, 1.54) is 0 Å².